The molecule has 1 saturated heterocycles. The van der Waals surface area contributed by atoms with Crippen LogP contribution in [0.2, 0.25) is 0 Å². The molecule has 644 valence electrons. The molecule has 4 spiro atoms. The number of carbonyl (C=O) groups excluding carboxylic acids is 11. The average Bonchev–Trinajstić information content (AvgIpc) is 1.46. The summed E-state index contributed by atoms with van der Waals surface area (Å²) in [5.74, 6) is 0.461. The molecule has 0 radical (unpaired) electrons. The lowest BCUT2D eigenvalue weighted by atomic mass is 9.57. The molecule has 12 aliphatic rings. The molecule has 7 fully saturated rings. The molecule has 9 aliphatic carbocycles. The molecule has 16 rings (SSSR count). The third-order valence-corrected chi connectivity index (χ3v) is 28.2. The van der Waals surface area contributed by atoms with Gasteiger partial charge in [0.25, 0.3) is 0 Å². The van der Waals surface area contributed by atoms with E-state index in [4.69, 9.17) is 50.7 Å². The molecule has 3 aliphatic heterocycles. The van der Waals surface area contributed by atoms with Gasteiger partial charge in [-0.05, 0) is 227 Å². The first-order chi connectivity index (χ1) is 58.2. The van der Waals surface area contributed by atoms with Gasteiger partial charge in [0.1, 0.15) is 23.6 Å². The van der Waals surface area contributed by atoms with E-state index in [1.165, 1.54) is 47.3 Å². The van der Waals surface area contributed by atoms with Gasteiger partial charge >= 0.3 is 18.2 Å². The van der Waals surface area contributed by atoms with Gasteiger partial charge in [-0.15, -0.1) is 0 Å². The van der Waals surface area contributed by atoms with Crippen molar-refractivity contribution in [1.29, 1.82) is 10.8 Å². The number of hydrogen-bond donors (Lipinski definition) is 14. The summed E-state index contributed by atoms with van der Waals surface area (Å²) in [6.45, 7) is 4.67. The van der Waals surface area contributed by atoms with Gasteiger partial charge in [-0.3, -0.25) is 49.2 Å². The van der Waals surface area contributed by atoms with Crippen LogP contribution >= 0.6 is 0 Å². The summed E-state index contributed by atoms with van der Waals surface area (Å²) in [7, 11) is 3.19. The number of carbonyl (C=O) groups is 11. The Balaban J connectivity index is 0.546. The highest BCUT2D eigenvalue weighted by atomic mass is 16.6. The number of likely N-dealkylation sites (tertiary alicyclic amines) is 1. The highest BCUT2D eigenvalue weighted by molar-refractivity contribution is 5.95. The van der Waals surface area contributed by atoms with E-state index < -0.39 is 94.8 Å². The van der Waals surface area contributed by atoms with E-state index in [-0.39, 0.29) is 161 Å². The zero-order chi connectivity index (χ0) is 85.0. The number of hydrogen-bond acceptors (Lipinski definition) is 20. The Kier molecular flexibility index (Phi) is 23.2. The Bertz CT molecular complexity index is 4870. The van der Waals surface area contributed by atoms with Crippen LogP contribution in [0.25, 0.3) is 0 Å². The van der Waals surface area contributed by atoms with Crippen LogP contribution in [0.1, 0.15) is 155 Å². The zero-order valence-corrected chi connectivity index (χ0v) is 68.8. The van der Waals surface area contributed by atoms with Gasteiger partial charge in [0.15, 0.2) is 52.9 Å². The summed E-state index contributed by atoms with van der Waals surface area (Å²) in [5, 5.41) is 43.9. The first-order valence-corrected chi connectivity index (χ1v) is 42.8. The van der Waals surface area contributed by atoms with Crippen molar-refractivity contribution in [3.05, 3.63) is 118 Å². The van der Waals surface area contributed by atoms with E-state index in [1.807, 2.05) is 18.2 Å². The quantitative estimate of drug-likeness (QED) is 0.00970. The molecule has 121 heavy (non-hydrogen) atoms. The molecule has 6 unspecified atom stereocenters. The number of nitrogens with zero attached hydrogens (tertiary/aromatic N) is 2. The number of nitrogens with two attached hydrogens (primary N) is 2. The summed E-state index contributed by atoms with van der Waals surface area (Å²) < 4.78 is 37.6. The fourth-order valence-corrected chi connectivity index (χ4v) is 22.6. The number of nitrogens with one attached hydrogen (secondary N) is 12. The van der Waals surface area contributed by atoms with Crippen molar-refractivity contribution < 1.29 is 81.2 Å². The summed E-state index contributed by atoms with van der Waals surface area (Å²) in [6.07, 6.45) is 9.20. The predicted molar refractivity (Wildman–Crippen MR) is 440 cm³/mol. The SMILES string of the molecule is COc1ccc2c3c1O[C@H]1C(OC(=O)N4CCC(C(=O)NCCCC[C@H](NC(=O)CCCN(C)C(=O)Oc5ccc6c7c5O[C@H]5C(=O)CC[C@H]8[C@@H]9C(NCC%10CC%10)C9(C6)C[C@]758)C(=O)NCCNC(=O)Cc5ccc(OC(=O)c6ccc(NC(=N)N)cc6)cc5)CC4CNC(=O)[C@@H](CCCNC(=N)N)NC(=O)CNC(C)=O)=CC[C@H]4[C@@H]5C(C)C5(C2)C[C@]314. The normalized spacial score (nSPS) is 27.7. The molecule has 6 saturated carbocycles. The van der Waals surface area contributed by atoms with Crippen LogP contribution in [0.5, 0.6) is 28.7 Å². The molecule has 3 heterocycles. The second kappa shape index (κ2) is 33.8. The lowest BCUT2D eigenvalue weighted by molar-refractivity contribution is -0.133. The van der Waals surface area contributed by atoms with Crippen LogP contribution in [0.4, 0.5) is 15.3 Å². The number of fused-ring (bicyclic) bond motifs is 2. The summed E-state index contributed by atoms with van der Waals surface area (Å²) in [6, 6.07) is 18.0. The van der Waals surface area contributed by atoms with E-state index in [9.17, 15) is 52.7 Å². The minimum absolute atomic E-state index is 0.00658. The third kappa shape index (κ3) is 16.2. The molecule has 4 aromatic carbocycles. The summed E-state index contributed by atoms with van der Waals surface area (Å²) in [4.78, 5) is 153. The van der Waals surface area contributed by atoms with E-state index in [0.717, 1.165) is 61.3 Å². The van der Waals surface area contributed by atoms with Crippen molar-refractivity contribution in [2.45, 2.75) is 183 Å². The van der Waals surface area contributed by atoms with Gasteiger partial charge in [-0.2, -0.15) is 0 Å². The maximum Gasteiger partial charge on any atom is 0.415 e. The van der Waals surface area contributed by atoms with Crippen LogP contribution in [-0.4, -0.2) is 196 Å². The molecule has 9 amide bonds. The molecule has 33 nitrogen and oxygen atoms in total. The van der Waals surface area contributed by atoms with Crippen LogP contribution in [0.15, 0.2) is 84.6 Å². The van der Waals surface area contributed by atoms with E-state index >= 15 is 0 Å². The number of methoxy groups -OCH3 is 1. The number of ether oxygens (including phenoxy) is 6. The fourth-order valence-electron chi connectivity index (χ4n) is 22.6. The van der Waals surface area contributed by atoms with Crippen molar-refractivity contribution in [3.8, 4) is 28.7 Å². The van der Waals surface area contributed by atoms with Crippen molar-refractivity contribution in [1.82, 2.24) is 57.7 Å². The number of piperidine rings is 1. The molecule has 0 aromatic heterocycles. The number of benzene rings is 4. The molecule has 33 heteroatoms. The average molecular weight is 1660 g/mol. The summed E-state index contributed by atoms with van der Waals surface area (Å²) in [5.41, 5.74) is 16.3. The number of anilines is 1. The lowest BCUT2D eigenvalue weighted by Crippen LogP contribution is -2.56. The zero-order valence-electron chi connectivity index (χ0n) is 68.8. The Labute approximate surface area is 701 Å². The number of Topliss-reactive ketones (excluding diaryl/α,β-unsaturated/α-hetero) is 1. The Hall–Kier alpha value is -11.5. The van der Waals surface area contributed by atoms with Crippen LogP contribution < -0.4 is 88.3 Å². The fraction of sp³-hybridized carbons (Fsp3) is 0.557. The van der Waals surface area contributed by atoms with E-state index in [1.54, 1.807) is 56.6 Å². The number of rotatable bonds is 36. The highest BCUT2D eigenvalue weighted by Crippen LogP contribution is 2.84. The van der Waals surface area contributed by atoms with Crippen molar-refractivity contribution >= 4 is 82.9 Å². The largest absolute Gasteiger partial charge is 0.493 e. The topological polar surface area (TPSA) is 470 Å². The number of ketones is 1. The second-order valence-corrected chi connectivity index (χ2v) is 35.5. The van der Waals surface area contributed by atoms with Gasteiger partial charge in [0.2, 0.25) is 41.4 Å². The Morgan fingerprint density at radius 1 is 0.661 bits per heavy atom. The smallest absolute Gasteiger partial charge is 0.415 e. The maximum absolute atomic E-state index is 15.0. The molecule has 16 atom stereocenters. The maximum atomic E-state index is 15.0. The molecule has 4 aromatic rings. The Morgan fingerprint density at radius 3 is 2.07 bits per heavy atom. The van der Waals surface area contributed by atoms with Crippen molar-refractivity contribution in [2.75, 3.05) is 78.4 Å². The number of amides is 9. The first-order valence-electron chi connectivity index (χ1n) is 42.8. The summed E-state index contributed by atoms with van der Waals surface area (Å²) >= 11 is 0. The molecular weight excluding hydrogens is 1550 g/mol. The number of allylic oxidation sites excluding steroid dienone is 1. The van der Waals surface area contributed by atoms with Crippen molar-refractivity contribution in [3.63, 3.8) is 0 Å². The van der Waals surface area contributed by atoms with Gasteiger partial charge in [-0.1, -0.05) is 31.2 Å². The Morgan fingerprint density at radius 2 is 1.34 bits per heavy atom. The monoisotopic (exact) mass is 1660 g/mol. The number of unbranched alkanes of at least 4 members (excludes halogenated alkanes) is 1. The van der Waals surface area contributed by atoms with Gasteiger partial charge < -0.3 is 103 Å². The lowest BCUT2D eigenvalue weighted by Gasteiger charge is -2.45. The predicted octanol–water partition coefficient (Wildman–Crippen LogP) is 4.63. The number of guanidine groups is 2. The van der Waals surface area contributed by atoms with Crippen LogP contribution in [-0.2, 0) is 73.2 Å². The van der Waals surface area contributed by atoms with Crippen LogP contribution in [0, 0.1) is 63.1 Å². The molecule has 4 bridgehead atoms. The molecule has 16 N–H and O–H groups in total. The number of esters is 1. The van der Waals surface area contributed by atoms with Gasteiger partial charge in [-0.25, -0.2) is 14.4 Å². The van der Waals surface area contributed by atoms with Gasteiger partial charge in [0.05, 0.1) is 31.7 Å². The van der Waals surface area contributed by atoms with Crippen molar-refractivity contribution in [2.24, 2.45) is 63.7 Å². The van der Waals surface area contributed by atoms with E-state index in [0.29, 0.717) is 96.1 Å². The minimum Gasteiger partial charge on any atom is -0.493 e. The van der Waals surface area contributed by atoms with Gasteiger partial charge in [0, 0.05) is 112 Å². The highest BCUT2D eigenvalue weighted by Gasteiger charge is 2.84. The third-order valence-electron chi connectivity index (χ3n) is 28.2. The minimum atomic E-state index is -1.11. The first kappa shape index (κ1) is 83.2. The standard InChI is InChI=1S/C88H110N16O17/c1-46-68-57-25-29-64(76-88(57)44-85(46,68)39-52-18-27-62(116-4)72(121-76)69(52)88)119-84(115)104-36-30-51(38-55(104)42-99-79(112)60(10-7-32-96-81(89)90)102-67(109)43-97-47(2)105)77(110)94-31-6-5-9-59(78(111)95-34-33-93-66(108)37-48-14-22-56(23-15-48)117-80(113)50-16-20-54(21-17-50)100-82(91)92)101-65(107)11-8-35-103(3)83(114)118-63-28-19-53-40-86-45-87-58(71(86)74(86)98-41-49-12-13-49)24-26-61(106)75(87)120-73(63)70(53)87/h14-23,27-29,46,49,51,55,57-60,68,71,74-76,98H,5-13,24-26,30-45H2,1-4H3,(H,93,108)(H,94,110)(H,95,111)(H,97,105)(H,99,112)(H,101,107)(H,102,109)(H4,89,90,96)(H4,91,92,100)/t46?,51?,55?,57-,58-,59-,60+,68-,71+,74?,75-,76-,85?,86?,87-,88-/m0/s1. The second-order valence-electron chi connectivity index (χ2n) is 35.5. The van der Waals surface area contributed by atoms with Crippen LogP contribution in [0.3, 0.4) is 0 Å². The van der Waals surface area contributed by atoms with E-state index in [2.05, 4.69) is 66.2 Å². The molecular formula is C88H110N16O17.